The minimum atomic E-state index is 0.626. The van der Waals surface area contributed by atoms with Crippen LogP contribution in [0.15, 0.2) is 217 Å². The third-order valence-corrected chi connectivity index (χ3v) is 11.1. The third kappa shape index (κ3) is 6.43. The van der Waals surface area contributed by atoms with Gasteiger partial charge in [-0.15, -0.1) is 0 Å². The van der Waals surface area contributed by atoms with Crippen LogP contribution >= 0.6 is 0 Å². The van der Waals surface area contributed by atoms with Crippen molar-refractivity contribution in [3.63, 3.8) is 0 Å². The van der Waals surface area contributed by atoms with E-state index in [9.17, 15) is 0 Å². The van der Waals surface area contributed by atoms with Crippen molar-refractivity contribution in [3.05, 3.63) is 212 Å². The first-order chi connectivity index (χ1) is 29.2. The molecule has 0 unspecified atom stereocenters. The Morgan fingerprint density at radius 3 is 1.42 bits per heavy atom. The van der Waals surface area contributed by atoms with E-state index in [1.54, 1.807) is 0 Å². The fourth-order valence-electron chi connectivity index (χ4n) is 8.17. The maximum Gasteiger partial charge on any atom is 0.164 e. The van der Waals surface area contributed by atoms with Gasteiger partial charge in [0.25, 0.3) is 0 Å². The summed E-state index contributed by atoms with van der Waals surface area (Å²) >= 11 is 0. The Morgan fingerprint density at radius 2 is 0.746 bits per heavy atom. The molecule has 11 aromatic rings. The summed E-state index contributed by atoms with van der Waals surface area (Å²) in [6.07, 6.45) is 0. The van der Waals surface area contributed by atoms with Crippen LogP contribution in [0.25, 0.3) is 111 Å². The lowest BCUT2D eigenvalue weighted by Gasteiger charge is -2.11. The summed E-state index contributed by atoms with van der Waals surface area (Å²) in [5, 5.41) is 4.57. The Kier molecular flexibility index (Phi) is 8.45. The van der Waals surface area contributed by atoms with Crippen molar-refractivity contribution in [1.29, 1.82) is 0 Å². The minimum absolute atomic E-state index is 0.626. The molecule has 9 aromatic carbocycles. The van der Waals surface area contributed by atoms with Crippen molar-refractivity contribution in [2.45, 2.75) is 0 Å². The number of fused-ring (bicyclic) bond motifs is 5. The predicted molar refractivity (Wildman–Crippen MR) is 243 cm³/mol. The molecule has 2 aromatic heterocycles. The topological polar surface area (TPSA) is 51.8 Å². The van der Waals surface area contributed by atoms with Gasteiger partial charge >= 0.3 is 0 Å². The molecule has 0 saturated carbocycles. The van der Waals surface area contributed by atoms with Gasteiger partial charge in [0.05, 0.1) is 0 Å². The molecule has 11 rings (SSSR count). The Morgan fingerprint density at radius 1 is 0.288 bits per heavy atom. The fourth-order valence-corrected chi connectivity index (χ4v) is 8.17. The van der Waals surface area contributed by atoms with Crippen molar-refractivity contribution in [1.82, 2.24) is 15.0 Å². The van der Waals surface area contributed by atoms with E-state index in [-0.39, 0.29) is 0 Å². The lowest BCUT2D eigenvalue weighted by atomic mass is 9.94. The first kappa shape index (κ1) is 34.3. The van der Waals surface area contributed by atoms with Crippen LogP contribution in [0.1, 0.15) is 0 Å². The lowest BCUT2D eigenvalue weighted by Crippen LogP contribution is -2.00. The SMILES string of the molecule is c1ccc(-c2ccc(-c3nc(-c4ccccc4)nc(-c4cccc(-c5cccc(-c6cccc(-c7cccc8oc9c%10ccccc%10ccc9c78)c6)c5)c4)n3)cc2)cc1. The minimum Gasteiger partial charge on any atom is -0.455 e. The number of nitrogens with zero attached hydrogens (tertiary/aromatic N) is 3. The van der Waals surface area contributed by atoms with Gasteiger partial charge in [0.15, 0.2) is 17.5 Å². The van der Waals surface area contributed by atoms with Gasteiger partial charge in [-0.05, 0) is 80.2 Å². The number of furan rings is 1. The highest BCUT2D eigenvalue weighted by molar-refractivity contribution is 6.19. The van der Waals surface area contributed by atoms with Gasteiger partial charge in [0.1, 0.15) is 11.2 Å². The van der Waals surface area contributed by atoms with Crippen molar-refractivity contribution in [3.8, 4) is 78.7 Å². The van der Waals surface area contributed by atoms with E-state index < -0.39 is 0 Å². The summed E-state index contributed by atoms with van der Waals surface area (Å²) in [6.45, 7) is 0. The van der Waals surface area contributed by atoms with Crippen LogP contribution in [0.4, 0.5) is 0 Å². The molecule has 0 aliphatic rings. The molecule has 0 saturated heterocycles. The molecular weight excluding hydrogens is 719 g/mol. The molecule has 4 heteroatoms. The molecule has 2 heterocycles. The first-order valence-electron chi connectivity index (χ1n) is 19.8. The molecule has 0 radical (unpaired) electrons. The summed E-state index contributed by atoms with van der Waals surface area (Å²) in [5.41, 5.74) is 13.7. The second-order valence-corrected chi connectivity index (χ2v) is 14.8. The number of hydrogen-bond donors (Lipinski definition) is 0. The highest BCUT2D eigenvalue weighted by atomic mass is 16.3. The second-order valence-electron chi connectivity index (χ2n) is 14.8. The Balaban J connectivity index is 0.952. The van der Waals surface area contributed by atoms with Gasteiger partial charge in [-0.1, -0.05) is 182 Å². The van der Waals surface area contributed by atoms with Crippen molar-refractivity contribution < 1.29 is 4.42 Å². The zero-order chi connectivity index (χ0) is 39.1. The van der Waals surface area contributed by atoms with Crippen LogP contribution < -0.4 is 0 Å². The van der Waals surface area contributed by atoms with Crippen LogP contribution in [0.3, 0.4) is 0 Å². The molecule has 276 valence electrons. The van der Waals surface area contributed by atoms with Crippen LogP contribution in [-0.2, 0) is 0 Å². The summed E-state index contributed by atoms with van der Waals surface area (Å²) in [5.74, 6) is 1.89. The van der Waals surface area contributed by atoms with E-state index in [1.807, 2.05) is 36.4 Å². The molecule has 0 bridgehead atoms. The van der Waals surface area contributed by atoms with Gasteiger partial charge in [0.2, 0.25) is 0 Å². The third-order valence-electron chi connectivity index (χ3n) is 11.1. The van der Waals surface area contributed by atoms with Gasteiger partial charge in [-0.3, -0.25) is 0 Å². The number of hydrogen-bond acceptors (Lipinski definition) is 4. The predicted octanol–water partition coefficient (Wildman–Crippen LogP) is 14.6. The van der Waals surface area contributed by atoms with Crippen LogP contribution in [-0.4, -0.2) is 15.0 Å². The molecule has 0 aliphatic carbocycles. The summed E-state index contributed by atoms with van der Waals surface area (Å²) in [6, 6.07) is 74.1. The van der Waals surface area contributed by atoms with Crippen molar-refractivity contribution >= 4 is 32.7 Å². The van der Waals surface area contributed by atoms with Crippen molar-refractivity contribution in [2.24, 2.45) is 0 Å². The smallest absolute Gasteiger partial charge is 0.164 e. The maximum atomic E-state index is 6.51. The van der Waals surface area contributed by atoms with Crippen molar-refractivity contribution in [2.75, 3.05) is 0 Å². The quantitative estimate of drug-likeness (QED) is 0.163. The Labute approximate surface area is 341 Å². The molecule has 0 atom stereocenters. The van der Waals surface area contributed by atoms with E-state index in [1.165, 1.54) is 10.9 Å². The number of aromatic nitrogens is 3. The maximum absolute atomic E-state index is 6.51. The first-order valence-corrected chi connectivity index (χ1v) is 19.8. The second kappa shape index (κ2) is 14.5. The van der Waals surface area contributed by atoms with Gasteiger partial charge in [-0.2, -0.15) is 0 Å². The summed E-state index contributed by atoms with van der Waals surface area (Å²) in [4.78, 5) is 15.1. The van der Waals surface area contributed by atoms with Crippen LogP contribution in [0, 0.1) is 0 Å². The van der Waals surface area contributed by atoms with E-state index in [0.717, 1.165) is 83.0 Å². The molecule has 0 fully saturated rings. The average molecular weight is 754 g/mol. The Hall–Kier alpha value is -7.95. The van der Waals surface area contributed by atoms with Gasteiger partial charge in [0, 0.05) is 32.8 Å². The fraction of sp³-hybridized carbons (Fsp3) is 0. The van der Waals surface area contributed by atoms with E-state index >= 15 is 0 Å². The summed E-state index contributed by atoms with van der Waals surface area (Å²) < 4.78 is 6.51. The molecule has 4 nitrogen and oxygen atoms in total. The number of rotatable bonds is 7. The Bertz CT molecular complexity index is 3320. The van der Waals surface area contributed by atoms with E-state index in [0.29, 0.717) is 17.5 Å². The monoisotopic (exact) mass is 753 g/mol. The molecule has 0 aliphatic heterocycles. The normalized spacial score (nSPS) is 11.4. The lowest BCUT2D eigenvalue weighted by molar-refractivity contribution is 0.673. The molecule has 59 heavy (non-hydrogen) atoms. The summed E-state index contributed by atoms with van der Waals surface area (Å²) in [7, 11) is 0. The van der Waals surface area contributed by atoms with E-state index in [2.05, 4.69) is 176 Å². The largest absolute Gasteiger partial charge is 0.455 e. The molecule has 0 N–H and O–H groups in total. The number of benzene rings is 9. The zero-order valence-electron chi connectivity index (χ0n) is 32.0. The molecular formula is C55H35N3O. The van der Waals surface area contributed by atoms with Gasteiger partial charge < -0.3 is 4.42 Å². The average Bonchev–Trinajstić information content (AvgIpc) is 3.72. The van der Waals surface area contributed by atoms with E-state index in [4.69, 9.17) is 19.4 Å². The molecule has 0 amide bonds. The van der Waals surface area contributed by atoms with Crippen LogP contribution in [0.2, 0.25) is 0 Å². The highest BCUT2D eigenvalue weighted by Gasteiger charge is 2.16. The van der Waals surface area contributed by atoms with Gasteiger partial charge in [-0.25, -0.2) is 15.0 Å². The molecule has 0 spiro atoms. The standard InChI is InChI=1S/C55H35N3O/c1-3-13-36(14-4-1)37-27-29-40(30-28-37)54-56-53(39-16-5-2-6-17-39)57-55(58-54)46-23-11-21-44(35-46)42-19-9-18-41(33-42)43-20-10-22-45(34-43)47-25-12-26-50-51(47)49-32-31-38-15-7-8-24-48(38)52(49)59-50/h1-35H. The zero-order valence-corrected chi connectivity index (χ0v) is 32.0. The highest BCUT2D eigenvalue weighted by Crippen LogP contribution is 2.40. The van der Waals surface area contributed by atoms with Crippen LogP contribution in [0.5, 0.6) is 0 Å².